The number of aromatic nitrogens is 2. The van der Waals surface area contributed by atoms with Gasteiger partial charge in [-0.05, 0) is 31.1 Å². The smallest absolute Gasteiger partial charge is 0.229 e. The number of anilines is 1. The molecule has 2 aromatic rings. The van der Waals surface area contributed by atoms with E-state index in [0.29, 0.717) is 22.4 Å². The Morgan fingerprint density at radius 3 is 2.85 bits per heavy atom. The molecule has 1 aromatic heterocycles. The first-order valence-electron chi connectivity index (χ1n) is 6.31. The molecule has 1 fully saturated rings. The molecule has 2 heterocycles. The van der Waals surface area contributed by atoms with Crippen LogP contribution in [0.2, 0.25) is 5.02 Å². The number of halogens is 2. The van der Waals surface area contributed by atoms with E-state index in [1.807, 2.05) is 19.1 Å². The van der Waals surface area contributed by atoms with E-state index in [1.54, 1.807) is 6.07 Å². The molecule has 1 atom stereocenters. The molecule has 1 amide bonds. The lowest BCUT2D eigenvalue weighted by molar-refractivity contribution is -0.121. The van der Waals surface area contributed by atoms with E-state index < -0.39 is 0 Å². The molecule has 1 unspecified atom stereocenters. The van der Waals surface area contributed by atoms with Crippen LogP contribution in [0, 0.1) is 11.8 Å². The van der Waals surface area contributed by atoms with Gasteiger partial charge in [-0.15, -0.1) is 12.4 Å². The highest BCUT2D eigenvalue weighted by Crippen LogP contribution is 2.23. The predicted molar refractivity (Wildman–Crippen MR) is 82.5 cm³/mol. The van der Waals surface area contributed by atoms with Crippen LogP contribution in [0.5, 0.6) is 0 Å². The Kier molecular flexibility index (Phi) is 4.52. The van der Waals surface area contributed by atoms with E-state index in [4.69, 9.17) is 11.6 Å². The predicted octanol–water partition coefficient (Wildman–Crippen LogP) is 2.43. The molecule has 0 saturated carbocycles. The van der Waals surface area contributed by atoms with E-state index in [9.17, 15) is 4.79 Å². The number of carbonyl (C=O) groups is 1. The molecule has 5 nitrogen and oxygen atoms in total. The van der Waals surface area contributed by atoms with Crippen molar-refractivity contribution in [2.24, 2.45) is 11.8 Å². The van der Waals surface area contributed by atoms with Gasteiger partial charge in [0.05, 0.1) is 10.5 Å². The van der Waals surface area contributed by atoms with Crippen molar-refractivity contribution in [3.8, 4) is 0 Å². The van der Waals surface area contributed by atoms with Gasteiger partial charge in [-0.2, -0.15) is 0 Å². The zero-order valence-corrected chi connectivity index (χ0v) is 12.5. The van der Waals surface area contributed by atoms with Crippen molar-refractivity contribution in [2.75, 3.05) is 18.4 Å². The van der Waals surface area contributed by atoms with Gasteiger partial charge in [0, 0.05) is 5.92 Å². The monoisotopic (exact) mass is 314 g/mol. The quantitative estimate of drug-likeness (QED) is 0.815. The van der Waals surface area contributed by atoms with Gasteiger partial charge in [0.2, 0.25) is 11.9 Å². The van der Waals surface area contributed by atoms with Gasteiger partial charge in [0.25, 0.3) is 0 Å². The zero-order valence-electron chi connectivity index (χ0n) is 10.9. The van der Waals surface area contributed by atoms with E-state index in [0.717, 1.165) is 18.6 Å². The molecule has 7 heteroatoms. The molecule has 0 bridgehead atoms. The fourth-order valence-corrected chi connectivity index (χ4v) is 2.38. The molecular formula is C13H16Cl2N4O. The van der Waals surface area contributed by atoms with Crippen molar-refractivity contribution in [3.05, 3.63) is 23.2 Å². The van der Waals surface area contributed by atoms with Gasteiger partial charge in [0.1, 0.15) is 5.52 Å². The Morgan fingerprint density at radius 1 is 1.50 bits per heavy atom. The number of carbonyl (C=O) groups excluding carboxylic acids is 1. The summed E-state index contributed by atoms with van der Waals surface area (Å²) in [5, 5.41) is 6.56. The molecule has 20 heavy (non-hydrogen) atoms. The minimum atomic E-state index is -0.0232. The molecule has 0 aliphatic carbocycles. The lowest BCUT2D eigenvalue weighted by atomic mass is 9.88. The standard InChI is InChI=1S/C13H15ClN4O.ClH/c1-7(8-5-15-6-8)12(19)18-13-16-10-4-2-3-9(14)11(10)17-13;/h2-4,7-8,15H,5-6H2,1H3,(H2,16,17,18,19);1H. The number of aromatic amines is 1. The largest absolute Gasteiger partial charge is 0.324 e. The molecule has 1 saturated heterocycles. The van der Waals surface area contributed by atoms with Gasteiger partial charge in [0.15, 0.2) is 0 Å². The Bertz CT molecular complexity index is 624. The number of nitrogens with one attached hydrogen (secondary N) is 3. The number of imidazole rings is 1. The second-order valence-electron chi connectivity index (χ2n) is 4.92. The summed E-state index contributed by atoms with van der Waals surface area (Å²) < 4.78 is 0. The Balaban J connectivity index is 0.00000147. The number of fused-ring (bicyclic) bond motifs is 1. The normalized spacial score (nSPS) is 16.3. The summed E-state index contributed by atoms with van der Waals surface area (Å²) in [6, 6.07) is 5.50. The van der Waals surface area contributed by atoms with Gasteiger partial charge in [-0.25, -0.2) is 4.98 Å². The minimum absolute atomic E-state index is 0. The maximum atomic E-state index is 12.1. The average molecular weight is 315 g/mol. The van der Waals surface area contributed by atoms with Crippen LogP contribution in [0.15, 0.2) is 18.2 Å². The van der Waals surface area contributed by atoms with Gasteiger partial charge >= 0.3 is 0 Å². The number of hydrogen-bond acceptors (Lipinski definition) is 3. The van der Waals surface area contributed by atoms with Gasteiger partial charge in [-0.3, -0.25) is 10.1 Å². The number of rotatable bonds is 3. The van der Waals surface area contributed by atoms with E-state index in [2.05, 4.69) is 20.6 Å². The van der Waals surface area contributed by atoms with Crippen molar-refractivity contribution in [1.82, 2.24) is 15.3 Å². The summed E-state index contributed by atoms with van der Waals surface area (Å²) in [4.78, 5) is 19.4. The number of para-hydroxylation sites is 1. The number of amides is 1. The SMILES string of the molecule is CC(C(=O)Nc1nc2c(Cl)cccc2[nH]1)C1CNC1.Cl. The molecule has 3 N–H and O–H groups in total. The van der Waals surface area contributed by atoms with Crippen LogP contribution in [0.25, 0.3) is 11.0 Å². The van der Waals surface area contributed by atoms with Crippen LogP contribution in [-0.2, 0) is 4.79 Å². The Labute approximate surface area is 127 Å². The lowest BCUT2D eigenvalue weighted by Gasteiger charge is -2.31. The third-order valence-corrected chi connectivity index (χ3v) is 3.94. The summed E-state index contributed by atoms with van der Waals surface area (Å²) in [5.41, 5.74) is 1.50. The summed E-state index contributed by atoms with van der Waals surface area (Å²) in [5.74, 6) is 0.826. The first kappa shape index (κ1) is 15.1. The van der Waals surface area contributed by atoms with Crippen LogP contribution >= 0.6 is 24.0 Å². The third kappa shape index (κ3) is 2.75. The van der Waals surface area contributed by atoms with Crippen molar-refractivity contribution in [2.45, 2.75) is 6.92 Å². The number of H-pyrrole nitrogens is 1. The summed E-state index contributed by atoms with van der Waals surface area (Å²) in [6.45, 7) is 3.75. The van der Waals surface area contributed by atoms with Crippen molar-refractivity contribution < 1.29 is 4.79 Å². The summed E-state index contributed by atoms with van der Waals surface area (Å²) >= 11 is 6.05. The molecule has 1 aliphatic rings. The summed E-state index contributed by atoms with van der Waals surface area (Å²) in [7, 11) is 0. The van der Waals surface area contributed by atoms with E-state index in [-0.39, 0.29) is 24.2 Å². The van der Waals surface area contributed by atoms with Crippen molar-refractivity contribution in [1.29, 1.82) is 0 Å². The van der Waals surface area contributed by atoms with E-state index in [1.165, 1.54) is 0 Å². The highest BCUT2D eigenvalue weighted by molar-refractivity contribution is 6.35. The highest BCUT2D eigenvalue weighted by Gasteiger charge is 2.29. The maximum Gasteiger partial charge on any atom is 0.229 e. The first-order chi connectivity index (χ1) is 9.15. The fourth-order valence-electron chi connectivity index (χ4n) is 2.17. The van der Waals surface area contributed by atoms with Crippen LogP contribution in [-0.4, -0.2) is 29.0 Å². The van der Waals surface area contributed by atoms with E-state index >= 15 is 0 Å². The van der Waals surface area contributed by atoms with Crippen LogP contribution in [0.1, 0.15) is 6.92 Å². The molecule has 0 radical (unpaired) electrons. The van der Waals surface area contributed by atoms with Gasteiger partial charge < -0.3 is 10.3 Å². The third-order valence-electron chi connectivity index (χ3n) is 3.64. The van der Waals surface area contributed by atoms with Crippen LogP contribution in [0.3, 0.4) is 0 Å². The van der Waals surface area contributed by atoms with Crippen molar-refractivity contribution in [3.63, 3.8) is 0 Å². The van der Waals surface area contributed by atoms with Crippen molar-refractivity contribution >= 4 is 46.9 Å². The fraction of sp³-hybridized carbons (Fsp3) is 0.385. The summed E-state index contributed by atoms with van der Waals surface area (Å²) in [6.07, 6.45) is 0. The minimum Gasteiger partial charge on any atom is -0.324 e. The second kappa shape index (κ2) is 5.99. The number of hydrogen-bond donors (Lipinski definition) is 3. The molecule has 1 aliphatic heterocycles. The average Bonchev–Trinajstić information content (AvgIpc) is 2.70. The highest BCUT2D eigenvalue weighted by atomic mass is 35.5. The molecule has 3 rings (SSSR count). The Morgan fingerprint density at radius 2 is 2.25 bits per heavy atom. The topological polar surface area (TPSA) is 69.8 Å². The maximum absolute atomic E-state index is 12.1. The van der Waals surface area contributed by atoms with Crippen LogP contribution < -0.4 is 10.6 Å². The number of nitrogens with zero attached hydrogens (tertiary/aromatic N) is 1. The molecule has 1 aromatic carbocycles. The second-order valence-corrected chi connectivity index (χ2v) is 5.32. The lowest BCUT2D eigenvalue weighted by Crippen LogP contribution is -2.48. The zero-order chi connectivity index (χ0) is 13.4. The Hall–Kier alpha value is -1.30. The van der Waals surface area contributed by atoms with Gasteiger partial charge in [-0.1, -0.05) is 24.6 Å². The molecule has 108 valence electrons. The molecule has 0 spiro atoms. The molecular weight excluding hydrogens is 299 g/mol. The van der Waals surface area contributed by atoms with Crippen LogP contribution in [0.4, 0.5) is 5.95 Å². The number of benzene rings is 1. The first-order valence-corrected chi connectivity index (χ1v) is 6.69.